The molecule has 0 spiro atoms. The monoisotopic (exact) mass is 415 g/mol. The summed E-state index contributed by atoms with van der Waals surface area (Å²) in [5, 5.41) is 6.31. The van der Waals surface area contributed by atoms with Gasteiger partial charge in [-0.2, -0.15) is 4.98 Å². The lowest BCUT2D eigenvalue weighted by molar-refractivity contribution is 0.0876. The lowest BCUT2D eigenvalue weighted by Gasteiger charge is -2.30. The van der Waals surface area contributed by atoms with Gasteiger partial charge in [-0.25, -0.2) is 9.55 Å². The van der Waals surface area contributed by atoms with Crippen LogP contribution in [0.3, 0.4) is 0 Å². The molecule has 9 nitrogen and oxygen atoms in total. The number of hydrogen-bond donors (Lipinski definition) is 4. The van der Waals surface area contributed by atoms with E-state index in [9.17, 15) is 4.57 Å². The zero-order chi connectivity index (χ0) is 20.8. The molecule has 1 fully saturated rings. The molecule has 154 valence electrons. The van der Waals surface area contributed by atoms with Crippen molar-refractivity contribution in [3.05, 3.63) is 35.7 Å². The molecule has 0 saturated carbocycles. The van der Waals surface area contributed by atoms with Crippen LogP contribution in [-0.2, 0) is 9.30 Å². The number of rotatable bonds is 7. The normalized spacial score (nSPS) is 15.0. The van der Waals surface area contributed by atoms with Gasteiger partial charge in [-0.1, -0.05) is 0 Å². The predicted molar refractivity (Wildman–Crippen MR) is 118 cm³/mol. The van der Waals surface area contributed by atoms with Gasteiger partial charge >= 0.3 is 0 Å². The number of ether oxygens (including phenoxy) is 1. The van der Waals surface area contributed by atoms with Crippen LogP contribution >= 0.6 is 8.61 Å². The van der Waals surface area contributed by atoms with E-state index in [1.165, 1.54) is 6.20 Å². The van der Waals surface area contributed by atoms with Crippen LogP contribution in [0.25, 0.3) is 6.08 Å². The zero-order valence-electron chi connectivity index (χ0n) is 16.6. The fraction of sp³-hybridized carbons (Fsp3) is 0.368. The molecule has 0 radical (unpaired) electrons. The number of nitrogen functional groups attached to an aromatic ring is 1. The Labute approximate surface area is 171 Å². The standard InChI is InChI=1S/C19H26N7O2P/c1-12-9-15(21)13(3-6-20)10-16(12)24-19-23-11-17(22-2)18(25-19)26(29-27)14-4-7-28-8-5-14/h3,6,9-11,14,22H,4-5,7-8,20-21H2,1-2H3,(H,23,24,25)/b6-3-. The van der Waals surface area contributed by atoms with Crippen molar-refractivity contribution in [2.75, 3.05) is 41.3 Å². The summed E-state index contributed by atoms with van der Waals surface area (Å²) in [5.74, 6) is 0.971. The number of aromatic nitrogens is 2. The molecule has 1 aromatic carbocycles. The van der Waals surface area contributed by atoms with Crippen LogP contribution in [0, 0.1) is 6.92 Å². The van der Waals surface area contributed by atoms with E-state index in [4.69, 9.17) is 16.2 Å². The quantitative estimate of drug-likeness (QED) is 0.397. The Morgan fingerprint density at radius 1 is 1.31 bits per heavy atom. The maximum atomic E-state index is 12.0. The third kappa shape index (κ3) is 4.75. The first-order valence-corrected chi connectivity index (χ1v) is 10.1. The highest BCUT2D eigenvalue weighted by molar-refractivity contribution is 7.26. The lowest BCUT2D eigenvalue weighted by atomic mass is 10.1. The first-order valence-electron chi connectivity index (χ1n) is 9.37. The summed E-state index contributed by atoms with van der Waals surface area (Å²) in [6, 6.07) is 3.84. The number of nitrogens with one attached hydrogen (secondary N) is 2. The second-order valence-corrected chi connectivity index (χ2v) is 7.33. The van der Waals surface area contributed by atoms with Crippen LogP contribution in [0.5, 0.6) is 0 Å². The molecule has 1 aromatic heterocycles. The van der Waals surface area contributed by atoms with Crippen molar-refractivity contribution in [3.8, 4) is 0 Å². The number of nitrogens with zero attached hydrogens (tertiary/aromatic N) is 3. The second kappa shape index (κ2) is 9.54. The van der Waals surface area contributed by atoms with Gasteiger partial charge in [-0.3, -0.25) is 4.67 Å². The number of anilines is 5. The summed E-state index contributed by atoms with van der Waals surface area (Å²) in [4.78, 5) is 9.04. The third-order valence-corrected chi connectivity index (χ3v) is 5.52. The van der Waals surface area contributed by atoms with Crippen molar-refractivity contribution in [2.45, 2.75) is 25.8 Å². The van der Waals surface area contributed by atoms with Gasteiger partial charge in [0.2, 0.25) is 5.95 Å². The van der Waals surface area contributed by atoms with Crippen LogP contribution < -0.4 is 26.8 Å². The average molecular weight is 415 g/mol. The van der Waals surface area contributed by atoms with Crippen LogP contribution in [-0.4, -0.2) is 36.3 Å². The Kier molecular flexibility index (Phi) is 6.85. The van der Waals surface area contributed by atoms with Crippen LogP contribution in [0.15, 0.2) is 24.5 Å². The molecular weight excluding hydrogens is 389 g/mol. The first kappa shape index (κ1) is 20.8. The summed E-state index contributed by atoms with van der Waals surface area (Å²) in [6.45, 7) is 3.23. The SMILES string of the molecule is CNc1cnc(Nc2cc(/C=C\N)c(N)cc2C)nc1N(P=O)C1CCOCC1. The minimum atomic E-state index is -0.118. The van der Waals surface area contributed by atoms with Crippen molar-refractivity contribution >= 4 is 43.5 Å². The molecule has 6 N–H and O–H groups in total. The number of aryl methyl sites for hydroxylation is 1. The van der Waals surface area contributed by atoms with Gasteiger partial charge in [0.25, 0.3) is 8.61 Å². The molecule has 0 atom stereocenters. The van der Waals surface area contributed by atoms with Crippen LogP contribution in [0.4, 0.5) is 28.8 Å². The Balaban J connectivity index is 1.94. The molecule has 3 rings (SSSR count). The first-order chi connectivity index (χ1) is 14.1. The summed E-state index contributed by atoms with van der Waals surface area (Å²) in [6.07, 6.45) is 6.43. The molecule has 1 saturated heterocycles. The molecule has 2 aromatic rings. The lowest BCUT2D eigenvalue weighted by Crippen LogP contribution is -2.34. The maximum absolute atomic E-state index is 12.0. The molecule has 0 unspecified atom stereocenters. The van der Waals surface area contributed by atoms with Crippen molar-refractivity contribution in [3.63, 3.8) is 0 Å². The molecule has 1 aliphatic heterocycles. The van der Waals surface area contributed by atoms with E-state index in [-0.39, 0.29) is 14.7 Å². The third-order valence-electron chi connectivity index (χ3n) is 4.83. The van der Waals surface area contributed by atoms with E-state index >= 15 is 0 Å². The minimum absolute atomic E-state index is 0.0809. The van der Waals surface area contributed by atoms with Gasteiger partial charge in [0, 0.05) is 43.2 Å². The summed E-state index contributed by atoms with van der Waals surface area (Å²) >= 11 is 0. The smallest absolute Gasteiger partial charge is 0.283 e. The molecular formula is C19H26N7O2P. The Bertz CT molecular complexity index is 900. The molecule has 0 bridgehead atoms. The fourth-order valence-corrected chi connectivity index (χ4v) is 3.84. The van der Waals surface area contributed by atoms with E-state index < -0.39 is 0 Å². The number of hydrogen-bond acceptors (Lipinski definition) is 8. The Morgan fingerprint density at radius 2 is 2.07 bits per heavy atom. The van der Waals surface area contributed by atoms with Gasteiger partial charge in [0.05, 0.1) is 11.9 Å². The van der Waals surface area contributed by atoms with Crippen LogP contribution in [0.2, 0.25) is 0 Å². The van der Waals surface area contributed by atoms with E-state index in [2.05, 4.69) is 20.6 Å². The molecule has 29 heavy (non-hydrogen) atoms. The summed E-state index contributed by atoms with van der Waals surface area (Å²) < 4.78 is 19.2. The molecule has 2 heterocycles. The Hall–Kier alpha value is -2.90. The maximum Gasteiger partial charge on any atom is 0.283 e. The van der Waals surface area contributed by atoms with E-state index in [1.54, 1.807) is 24.0 Å². The molecule has 1 aliphatic rings. The largest absolute Gasteiger partial charge is 0.405 e. The number of nitrogens with two attached hydrogens (primary N) is 2. The molecule has 0 aliphatic carbocycles. The Morgan fingerprint density at radius 3 is 2.72 bits per heavy atom. The van der Waals surface area contributed by atoms with Crippen molar-refractivity contribution in [1.29, 1.82) is 0 Å². The summed E-state index contributed by atoms with van der Waals surface area (Å²) in [5.41, 5.74) is 15.5. The highest BCUT2D eigenvalue weighted by atomic mass is 31.1. The zero-order valence-corrected chi connectivity index (χ0v) is 17.4. The van der Waals surface area contributed by atoms with Crippen molar-refractivity contribution < 1.29 is 9.30 Å². The fourth-order valence-electron chi connectivity index (χ4n) is 3.24. The highest BCUT2D eigenvalue weighted by Crippen LogP contribution is 2.34. The van der Waals surface area contributed by atoms with Crippen molar-refractivity contribution in [1.82, 2.24) is 9.97 Å². The molecule has 0 amide bonds. The minimum Gasteiger partial charge on any atom is -0.405 e. The van der Waals surface area contributed by atoms with Crippen molar-refractivity contribution in [2.24, 2.45) is 5.73 Å². The van der Waals surface area contributed by atoms with E-state index in [0.717, 1.165) is 29.7 Å². The van der Waals surface area contributed by atoms with Gasteiger partial charge < -0.3 is 26.8 Å². The number of benzene rings is 1. The predicted octanol–water partition coefficient (Wildman–Crippen LogP) is 3.27. The average Bonchev–Trinajstić information content (AvgIpc) is 2.73. The summed E-state index contributed by atoms with van der Waals surface area (Å²) in [7, 11) is 1.67. The second-order valence-electron chi connectivity index (χ2n) is 6.73. The van der Waals surface area contributed by atoms with E-state index in [0.29, 0.717) is 36.4 Å². The van der Waals surface area contributed by atoms with Gasteiger partial charge in [0.1, 0.15) is 0 Å². The van der Waals surface area contributed by atoms with E-state index in [1.807, 2.05) is 19.1 Å². The molecule has 10 heteroatoms. The highest BCUT2D eigenvalue weighted by Gasteiger charge is 2.26. The van der Waals surface area contributed by atoms with Gasteiger partial charge in [-0.15, -0.1) is 0 Å². The van der Waals surface area contributed by atoms with Crippen LogP contribution in [0.1, 0.15) is 24.0 Å². The van der Waals surface area contributed by atoms with Gasteiger partial charge in [0.15, 0.2) is 5.82 Å². The van der Waals surface area contributed by atoms with Gasteiger partial charge in [-0.05, 0) is 49.7 Å². The topological polar surface area (TPSA) is 131 Å².